The molecule has 0 aliphatic carbocycles. The number of halogens is 3. The molecule has 1 aliphatic heterocycles. The molecule has 0 saturated heterocycles. The topological polar surface area (TPSA) is 99.9 Å². The van der Waals surface area contributed by atoms with Crippen molar-refractivity contribution in [3.05, 3.63) is 23.2 Å². The number of nitrogens with one attached hydrogen (secondary N) is 1. The van der Waals surface area contributed by atoms with E-state index in [1.54, 1.807) is 10.8 Å². The van der Waals surface area contributed by atoms with Gasteiger partial charge >= 0.3 is 15.5 Å². The molecule has 8 nitrogen and oxygen atoms in total. The van der Waals surface area contributed by atoms with E-state index < -0.39 is 15.5 Å². The van der Waals surface area contributed by atoms with Gasteiger partial charge in [0.2, 0.25) is 0 Å². The number of nitrogens with zero attached hydrogens (tertiary/aromatic N) is 5. The quantitative estimate of drug-likeness (QED) is 0.650. The van der Waals surface area contributed by atoms with E-state index in [4.69, 9.17) is 0 Å². The van der Waals surface area contributed by atoms with Gasteiger partial charge in [-0.3, -0.25) is 4.72 Å². The summed E-state index contributed by atoms with van der Waals surface area (Å²) in [4.78, 5) is 2.04. The second-order valence-electron chi connectivity index (χ2n) is 6.91. The van der Waals surface area contributed by atoms with Gasteiger partial charge in [0.05, 0.1) is 5.69 Å². The molecule has 0 bridgehead atoms. The van der Waals surface area contributed by atoms with Crippen LogP contribution in [-0.4, -0.2) is 37.2 Å². The first kappa shape index (κ1) is 21.4. The van der Waals surface area contributed by atoms with Crippen LogP contribution in [0.4, 0.5) is 35.4 Å². The smallest absolute Gasteiger partial charge is 0.371 e. The van der Waals surface area contributed by atoms with Crippen molar-refractivity contribution in [3.63, 3.8) is 0 Å². The van der Waals surface area contributed by atoms with Crippen molar-refractivity contribution >= 4 is 43.6 Å². The molecule has 0 saturated carbocycles. The number of benzene rings is 1. The predicted molar refractivity (Wildman–Crippen MR) is 104 cm³/mol. The molecule has 0 unspecified atom stereocenters. The summed E-state index contributed by atoms with van der Waals surface area (Å²) in [7, 11) is -5.61. The average molecular weight is 448 g/mol. The van der Waals surface area contributed by atoms with Crippen molar-refractivity contribution < 1.29 is 21.6 Å². The maximum Gasteiger partial charge on any atom is 0.516 e. The number of hydrogen-bond acceptors (Lipinski definition) is 8. The first-order chi connectivity index (χ1) is 13.6. The number of hydrogen-bond donors (Lipinski definition) is 1. The highest BCUT2D eigenvalue weighted by Gasteiger charge is 2.46. The first-order valence-electron chi connectivity index (χ1n) is 8.75. The van der Waals surface area contributed by atoms with E-state index in [9.17, 15) is 21.6 Å². The standard InChI is InChI=1S/C16H19F3N6O2S2/c1-10(2)8-25-5-3-4-11-6-12(21-23-15-22-20-9-28-15)13(7-14(11)25)24-29(26,27)16(17,18)19/h6-7,9-10,24H,3-5,8H2,1-2H3/b23-21+. The van der Waals surface area contributed by atoms with E-state index in [2.05, 4.69) is 20.4 Å². The first-order valence-corrected chi connectivity index (χ1v) is 11.1. The van der Waals surface area contributed by atoms with Crippen LogP contribution in [0.15, 0.2) is 27.9 Å². The molecule has 0 fully saturated rings. The molecule has 0 amide bonds. The van der Waals surface area contributed by atoms with Crippen molar-refractivity contribution in [3.8, 4) is 0 Å². The number of alkyl halides is 3. The predicted octanol–water partition coefficient (Wildman–Crippen LogP) is 4.62. The summed E-state index contributed by atoms with van der Waals surface area (Å²) < 4.78 is 63.7. The summed E-state index contributed by atoms with van der Waals surface area (Å²) in [5.74, 6) is 0.327. The minimum atomic E-state index is -5.61. The third-order valence-electron chi connectivity index (χ3n) is 4.14. The lowest BCUT2D eigenvalue weighted by Crippen LogP contribution is -2.33. The molecule has 2 heterocycles. The molecule has 0 atom stereocenters. The molecule has 1 aliphatic rings. The van der Waals surface area contributed by atoms with Crippen molar-refractivity contribution in [1.29, 1.82) is 0 Å². The van der Waals surface area contributed by atoms with Gasteiger partial charge in [-0.1, -0.05) is 25.2 Å². The Bertz CT molecular complexity index is 991. The molecule has 13 heteroatoms. The Morgan fingerprint density at radius 1 is 1.31 bits per heavy atom. The monoisotopic (exact) mass is 448 g/mol. The average Bonchev–Trinajstić information content (AvgIpc) is 3.12. The summed E-state index contributed by atoms with van der Waals surface area (Å²) in [6.07, 6.45) is 1.58. The van der Waals surface area contributed by atoms with Crippen LogP contribution >= 0.6 is 11.3 Å². The second-order valence-corrected chi connectivity index (χ2v) is 9.40. The number of azo groups is 1. The van der Waals surface area contributed by atoms with Crippen LogP contribution in [0.5, 0.6) is 0 Å². The van der Waals surface area contributed by atoms with Gasteiger partial charge in [0, 0.05) is 18.8 Å². The normalized spacial score (nSPS) is 15.2. The zero-order valence-electron chi connectivity index (χ0n) is 15.6. The Balaban J connectivity index is 2.06. The zero-order chi connectivity index (χ0) is 21.2. The van der Waals surface area contributed by atoms with Crippen molar-refractivity contribution in [1.82, 2.24) is 10.2 Å². The number of rotatable bonds is 6. The fourth-order valence-electron chi connectivity index (χ4n) is 3.00. The van der Waals surface area contributed by atoms with Crippen LogP contribution in [0.3, 0.4) is 0 Å². The zero-order valence-corrected chi connectivity index (χ0v) is 17.3. The Labute approximate surface area is 169 Å². The van der Waals surface area contributed by atoms with Crippen molar-refractivity contribution in [2.45, 2.75) is 32.2 Å². The van der Waals surface area contributed by atoms with E-state index in [1.807, 2.05) is 18.7 Å². The van der Waals surface area contributed by atoms with E-state index in [1.165, 1.54) is 11.6 Å². The van der Waals surface area contributed by atoms with Gasteiger partial charge in [-0.05, 0) is 36.5 Å². The molecule has 2 aromatic rings. The summed E-state index contributed by atoms with van der Waals surface area (Å²) in [6.45, 7) is 5.50. The molecule has 0 radical (unpaired) electrons. The highest BCUT2D eigenvalue weighted by atomic mass is 32.2. The molecular weight excluding hydrogens is 429 g/mol. The molecule has 1 aromatic carbocycles. The molecule has 1 aromatic heterocycles. The summed E-state index contributed by atoms with van der Waals surface area (Å²) in [6, 6.07) is 2.97. The second kappa shape index (κ2) is 8.22. The number of aromatic nitrogens is 2. The van der Waals surface area contributed by atoms with Gasteiger partial charge in [0.15, 0.2) is 0 Å². The summed E-state index contributed by atoms with van der Waals surface area (Å²) >= 11 is 1.09. The van der Waals surface area contributed by atoms with Crippen LogP contribution in [-0.2, 0) is 16.4 Å². The number of fused-ring (bicyclic) bond motifs is 1. The SMILES string of the molecule is CC(C)CN1CCCc2cc(/N=N/c3nncs3)c(NS(=O)(=O)C(F)(F)F)cc21. The maximum absolute atomic E-state index is 12.9. The largest absolute Gasteiger partial charge is 0.516 e. The van der Waals surface area contributed by atoms with Gasteiger partial charge in [-0.2, -0.15) is 21.6 Å². The summed E-state index contributed by atoms with van der Waals surface area (Å²) in [5, 5.41) is 15.3. The number of anilines is 2. The van der Waals surface area contributed by atoms with Crippen LogP contribution in [0, 0.1) is 5.92 Å². The van der Waals surface area contributed by atoms with Gasteiger partial charge in [0.25, 0.3) is 5.13 Å². The van der Waals surface area contributed by atoms with Crippen LogP contribution in [0.1, 0.15) is 25.8 Å². The minimum Gasteiger partial charge on any atom is -0.371 e. The molecular formula is C16H19F3N6O2S2. The Hall–Kier alpha value is -2.28. The maximum atomic E-state index is 12.9. The van der Waals surface area contributed by atoms with Crippen LogP contribution < -0.4 is 9.62 Å². The van der Waals surface area contributed by atoms with Crippen LogP contribution in [0.25, 0.3) is 0 Å². The fourth-order valence-corrected chi connectivity index (χ4v) is 3.94. The van der Waals surface area contributed by atoms with Gasteiger partial charge in [-0.15, -0.1) is 20.4 Å². The Kier molecular flexibility index (Phi) is 6.08. The van der Waals surface area contributed by atoms with Gasteiger partial charge in [-0.25, -0.2) is 0 Å². The van der Waals surface area contributed by atoms with E-state index in [0.29, 0.717) is 24.6 Å². The Morgan fingerprint density at radius 3 is 2.69 bits per heavy atom. The van der Waals surface area contributed by atoms with E-state index in [0.717, 1.165) is 29.9 Å². The highest BCUT2D eigenvalue weighted by Crippen LogP contribution is 2.39. The molecule has 3 rings (SSSR count). The molecule has 1 N–H and O–H groups in total. The highest BCUT2D eigenvalue weighted by molar-refractivity contribution is 7.93. The lowest BCUT2D eigenvalue weighted by atomic mass is 9.99. The minimum absolute atomic E-state index is 0.0156. The van der Waals surface area contributed by atoms with Crippen molar-refractivity contribution in [2.24, 2.45) is 16.1 Å². The Morgan fingerprint density at radius 2 is 2.07 bits per heavy atom. The van der Waals surface area contributed by atoms with Gasteiger partial charge in [0.1, 0.15) is 11.2 Å². The lowest BCUT2D eigenvalue weighted by molar-refractivity contribution is -0.0429. The van der Waals surface area contributed by atoms with E-state index in [-0.39, 0.29) is 16.5 Å². The third-order valence-corrected chi connectivity index (χ3v) is 5.81. The lowest BCUT2D eigenvalue weighted by Gasteiger charge is -2.33. The fraction of sp³-hybridized carbons (Fsp3) is 0.500. The number of sulfonamides is 1. The summed E-state index contributed by atoms with van der Waals surface area (Å²) in [5.41, 5.74) is -2.76. The number of aryl methyl sites for hydroxylation is 1. The van der Waals surface area contributed by atoms with Gasteiger partial charge < -0.3 is 4.90 Å². The van der Waals surface area contributed by atoms with Crippen molar-refractivity contribution in [2.75, 3.05) is 22.7 Å². The molecule has 158 valence electrons. The van der Waals surface area contributed by atoms with E-state index >= 15 is 0 Å². The third kappa shape index (κ3) is 5.01. The van der Waals surface area contributed by atoms with Crippen LogP contribution in [0.2, 0.25) is 0 Å². The molecule has 29 heavy (non-hydrogen) atoms. The molecule has 0 spiro atoms.